The predicted octanol–water partition coefficient (Wildman–Crippen LogP) is 12.2. The van der Waals surface area contributed by atoms with Gasteiger partial charge in [0.2, 0.25) is 5.91 Å². The van der Waals surface area contributed by atoms with E-state index in [2.05, 4.69) is 19.2 Å². The SMILES string of the molecule is CCCCCCCCCCCCC/C=C/[C@@H](O)[C@H](COP(=O)(O)OCCN(C)C)NC(=O)CCCCCCCCCCCCCCCCCCCC. The molecule has 0 spiro atoms. The number of amides is 1. The van der Waals surface area contributed by atoms with Crippen LogP contribution in [0.25, 0.3) is 0 Å². The molecule has 0 aliphatic heterocycles. The van der Waals surface area contributed by atoms with Gasteiger partial charge in [-0.15, -0.1) is 0 Å². The van der Waals surface area contributed by atoms with Crippen LogP contribution in [0.1, 0.15) is 213 Å². The summed E-state index contributed by atoms with van der Waals surface area (Å²) in [6.07, 6.45) is 41.3. The first-order valence-electron chi connectivity index (χ1n) is 22.1. The molecule has 0 bridgehead atoms. The van der Waals surface area contributed by atoms with Crippen molar-refractivity contribution in [2.45, 2.75) is 225 Å². The van der Waals surface area contributed by atoms with Gasteiger partial charge in [-0.2, -0.15) is 0 Å². The molecule has 0 radical (unpaired) electrons. The number of aliphatic hydroxyl groups is 1. The van der Waals surface area contributed by atoms with Crippen molar-refractivity contribution in [1.29, 1.82) is 0 Å². The molecule has 0 saturated carbocycles. The standard InChI is InChI=1S/C43H87N2O6P/c1-5-7-9-11-13-15-17-19-20-21-22-23-25-27-29-31-33-35-37-43(47)44-41(40-51-52(48,49)50-39-38-45(3)4)42(46)36-34-32-30-28-26-24-18-16-14-12-10-8-6-2/h34,36,41-42,46H,5-33,35,37-40H2,1-4H3,(H,44,47)(H,48,49)/b36-34+/t41-,42+/m0/s1. The summed E-state index contributed by atoms with van der Waals surface area (Å²) in [5.41, 5.74) is 0. The molecule has 3 atom stereocenters. The number of unbranched alkanes of at least 4 members (excludes halogenated alkanes) is 28. The van der Waals surface area contributed by atoms with Gasteiger partial charge < -0.3 is 20.2 Å². The normalized spacial score (nSPS) is 14.3. The summed E-state index contributed by atoms with van der Waals surface area (Å²) >= 11 is 0. The first-order valence-corrected chi connectivity index (χ1v) is 23.6. The van der Waals surface area contributed by atoms with Crippen LogP contribution in [0.4, 0.5) is 0 Å². The zero-order chi connectivity index (χ0) is 38.4. The molecule has 9 heteroatoms. The average molecular weight is 759 g/mol. The number of allylic oxidation sites excluding steroid dienone is 1. The minimum Gasteiger partial charge on any atom is -0.387 e. The molecular formula is C43H87N2O6P. The predicted molar refractivity (Wildman–Crippen MR) is 222 cm³/mol. The topological polar surface area (TPSA) is 108 Å². The third kappa shape index (κ3) is 37.6. The van der Waals surface area contributed by atoms with Gasteiger partial charge in [-0.25, -0.2) is 4.57 Å². The van der Waals surface area contributed by atoms with Gasteiger partial charge in [0, 0.05) is 13.0 Å². The van der Waals surface area contributed by atoms with E-state index in [1.54, 1.807) is 6.08 Å². The van der Waals surface area contributed by atoms with E-state index in [9.17, 15) is 19.4 Å². The van der Waals surface area contributed by atoms with E-state index in [0.717, 1.165) is 38.5 Å². The summed E-state index contributed by atoms with van der Waals surface area (Å²) in [4.78, 5) is 24.8. The number of nitrogens with zero attached hydrogens (tertiary/aromatic N) is 1. The highest BCUT2D eigenvalue weighted by Gasteiger charge is 2.27. The molecular weight excluding hydrogens is 671 g/mol. The highest BCUT2D eigenvalue weighted by Crippen LogP contribution is 2.43. The molecule has 0 aliphatic rings. The van der Waals surface area contributed by atoms with Crippen molar-refractivity contribution in [3.8, 4) is 0 Å². The zero-order valence-corrected chi connectivity index (χ0v) is 35.7. The maximum atomic E-state index is 12.8. The lowest BCUT2D eigenvalue weighted by Crippen LogP contribution is -2.45. The molecule has 0 saturated heterocycles. The van der Waals surface area contributed by atoms with Gasteiger partial charge in [0.15, 0.2) is 0 Å². The monoisotopic (exact) mass is 759 g/mol. The van der Waals surface area contributed by atoms with Crippen molar-refractivity contribution >= 4 is 13.7 Å². The Morgan fingerprint density at radius 2 is 1.02 bits per heavy atom. The lowest BCUT2D eigenvalue weighted by Gasteiger charge is -2.23. The summed E-state index contributed by atoms with van der Waals surface area (Å²) in [5.74, 6) is -0.177. The number of rotatable bonds is 41. The van der Waals surface area contributed by atoms with Crippen LogP contribution >= 0.6 is 7.82 Å². The van der Waals surface area contributed by atoms with Crippen LogP contribution in [-0.2, 0) is 18.4 Å². The molecule has 310 valence electrons. The largest absolute Gasteiger partial charge is 0.472 e. The van der Waals surface area contributed by atoms with E-state index in [1.165, 1.54) is 154 Å². The number of hydrogen-bond acceptors (Lipinski definition) is 6. The van der Waals surface area contributed by atoms with Crippen molar-refractivity contribution in [2.75, 3.05) is 33.9 Å². The molecule has 0 aromatic heterocycles. The van der Waals surface area contributed by atoms with Crippen molar-refractivity contribution in [3.05, 3.63) is 12.2 Å². The Morgan fingerprint density at radius 1 is 0.635 bits per heavy atom. The van der Waals surface area contributed by atoms with Gasteiger partial charge in [-0.05, 0) is 33.4 Å². The molecule has 8 nitrogen and oxygen atoms in total. The van der Waals surface area contributed by atoms with Gasteiger partial charge in [-0.1, -0.05) is 199 Å². The van der Waals surface area contributed by atoms with Crippen LogP contribution in [0.2, 0.25) is 0 Å². The fraction of sp³-hybridized carbons (Fsp3) is 0.930. The Kier molecular flexibility index (Phi) is 37.9. The summed E-state index contributed by atoms with van der Waals surface area (Å²) in [6, 6.07) is -0.838. The summed E-state index contributed by atoms with van der Waals surface area (Å²) in [7, 11) is -0.626. The number of likely N-dealkylation sites (N-methyl/N-ethyl adjacent to an activating group) is 1. The van der Waals surface area contributed by atoms with Crippen molar-refractivity contribution in [3.63, 3.8) is 0 Å². The van der Waals surface area contributed by atoms with Crippen LogP contribution in [0.5, 0.6) is 0 Å². The lowest BCUT2D eigenvalue weighted by atomic mass is 10.0. The Bertz CT molecular complexity index is 842. The molecule has 0 rings (SSSR count). The number of phosphoric acid groups is 1. The number of aliphatic hydroxyl groups excluding tert-OH is 1. The second-order valence-electron chi connectivity index (χ2n) is 15.6. The smallest absolute Gasteiger partial charge is 0.387 e. The van der Waals surface area contributed by atoms with E-state index in [0.29, 0.717) is 13.0 Å². The summed E-state index contributed by atoms with van der Waals surface area (Å²) in [5, 5.41) is 13.8. The highest BCUT2D eigenvalue weighted by molar-refractivity contribution is 7.47. The molecule has 1 amide bonds. The molecule has 1 unspecified atom stereocenters. The number of carbonyl (C=O) groups excluding carboxylic acids is 1. The molecule has 0 aromatic rings. The highest BCUT2D eigenvalue weighted by atomic mass is 31.2. The fourth-order valence-corrected chi connectivity index (χ4v) is 7.27. The van der Waals surface area contributed by atoms with Gasteiger partial charge in [0.05, 0.1) is 25.4 Å². The number of nitrogens with one attached hydrogen (secondary N) is 1. The molecule has 0 heterocycles. The minimum atomic E-state index is -4.32. The Morgan fingerprint density at radius 3 is 1.42 bits per heavy atom. The van der Waals surface area contributed by atoms with Crippen LogP contribution in [-0.4, -0.2) is 66.8 Å². The van der Waals surface area contributed by atoms with Crippen LogP contribution in [0.15, 0.2) is 12.2 Å². The first-order chi connectivity index (χ1) is 25.2. The Balaban J connectivity index is 4.29. The van der Waals surface area contributed by atoms with Crippen LogP contribution in [0.3, 0.4) is 0 Å². The van der Waals surface area contributed by atoms with Crippen LogP contribution in [0, 0.1) is 0 Å². The average Bonchev–Trinajstić information content (AvgIpc) is 3.11. The third-order valence-electron chi connectivity index (χ3n) is 10.0. The van der Waals surface area contributed by atoms with E-state index < -0.39 is 20.0 Å². The van der Waals surface area contributed by atoms with Crippen molar-refractivity contribution in [2.24, 2.45) is 0 Å². The number of phosphoric ester groups is 1. The molecule has 0 aromatic carbocycles. The van der Waals surface area contributed by atoms with E-state index in [4.69, 9.17) is 9.05 Å². The fourth-order valence-electron chi connectivity index (χ4n) is 6.54. The molecule has 0 aliphatic carbocycles. The van der Waals surface area contributed by atoms with E-state index >= 15 is 0 Å². The second kappa shape index (κ2) is 38.5. The number of hydrogen-bond donors (Lipinski definition) is 3. The molecule has 52 heavy (non-hydrogen) atoms. The van der Waals surface area contributed by atoms with Crippen LogP contribution < -0.4 is 5.32 Å². The lowest BCUT2D eigenvalue weighted by molar-refractivity contribution is -0.123. The first kappa shape index (κ1) is 51.2. The Hall–Kier alpha value is -0.760. The second-order valence-corrected chi connectivity index (χ2v) is 17.0. The summed E-state index contributed by atoms with van der Waals surface area (Å²) in [6.45, 7) is 4.73. The van der Waals surface area contributed by atoms with Gasteiger partial charge >= 0.3 is 7.82 Å². The van der Waals surface area contributed by atoms with Gasteiger partial charge in [0.25, 0.3) is 0 Å². The van der Waals surface area contributed by atoms with E-state index in [-0.39, 0.29) is 19.1 Å². The van der Waals surface area contributed by atoms with Crippen molar-refractivity contribution < 1.29 is 28.4 Å². The third-order valence-corrected chi connectivity index (χ3v) is 11.0. The molecule has 0 fully saturated rings. The number of carbonyl (C=O) groups is 1. The minimum absolute atomic E-state index is 0.0403. The maximum absolute atomic E-state index is 12.8. The summed E-state index contributed by atoms with van der Waals surface area (Å²) < 4.78 is 22.7. The van der Waals surface area contributed by atoms with Crippen molar-refractivity contribution in [1.82, 2.24) is 10.2 Å². The van der Waals surface area contributed by atoms with Gasteiger partial charge in [0.1, 0.15) is 0 Å². The van der Waals surface area contributed by atoms with E-state index in [1.807, 2.05) is 25.1 Å². The molecule has 3 N–H and O–H groups in total. The maximum Gasteiger partial charge on any atom is 0.472 e. The van der Waals surface area contributed by atoms with Gasteiger partial charge in [-0.3, -0.25) is 13.8 Å². The zero-order valence-electron chi connectivity index (χ0n) is 34.8. The quantitative estimate of drug-likeness (QED) is 0.0324. The Labute approximate surface area is 322 Å².